The van der Waals surface area contributed by atoms with Gasteiger partial charge in [-0.05, 0) is 18.4 Å². The molecule has 1 amide bonds. The molecule has 0 aliphatic carbocycles. The van der Waals surface area contributed by atoms with Crippen molar-refractivity contribution in [3.05, 3.63) is 29.3 Å². The first kappa shape index (κ1) is 16.6. The van der Waals surface area contributed by atoms with Crippen molar-refractivity contribution in [2.24, 2.45) is 5.84 Å². The highest BCUT2D eigenvalue weighted by Crippen LogP contribution is 2.36. The third-order valence-corrected chi connectivity index (χ3v) is 3.68. The number of hydrogen-bond donors (Lipinski definition) is 3. The molecular weight excluding hydrogens is 291 g/mol. The Labute approximate surface area is 119 Å². The van der Waals surface area contributed by atoms with Crippen LogP contribution in [0.25, 0.3) is 0 Å². The summed E-state index contributed by atoms with van der Waals surface area (Å²) in [5, 5.41) is 2.75. The third kappa shape index (κ3) is 4.04. The van der Waals surface area contributed by atoms with Crippen molar-refractivity contribution < 1.29 is 18.0 Å². The molecular formula is C12H16F3N3OS. The van der Waals surface area contributed by atoms with E-state index < -0.39 is 23.3 Å². The number of para-hydroxylation sites is 1. The Balaban J connectivity index is 3.03. The molecule has 0 heterocycles. The summed E-state index contributed by atoms with van der Waals surface area (Å²) < 4.78 is 38.5. The molecule has 8 heteroatoms. The molecule has 0 saturated heterocycles. The number of benzene rings is 1. The highest BCUT2D eigenvalue weighted by atomic mass is 32.2. The van der Waals surface area contributed by atoms with E-state index in [0.717, 1.165) is 6.07 Å². The zero-order valence-corrected chi connectivity index (χ0v) is 11.9. The molecule has 4 nitrogen and oxygen atoms in total. The number of hydrazine groups is 1. The molecule has 1 rings (SSSR count). The molecule has 0 aromatic heterocycles. The van der Waals surface area contributed by atoms with E-state index in [1.807, 2.05) is 18.6 Å². The van der Waals surface area contributed by atoms with E-state index in [-0.39, 0.29) is 10.8 Å². The standard InChI is InChI=1S/C12H16F3N3OS/c1-7(20-2)6-17-11(19)8-4-3-5-9(10(8)18-16)12(13,14)15/h3-5,7,18H,6,16H2,1-2H3,(H,17,19). The predicted octanol–water partition coefficient (Wildman–Crippen LogP) is 2.47. The summed E-state index contributed by atoms with van der Waals surface area (Å²) in [5.41, 5.74) is 0.449. The number of nitrogens with one attached hydrogen (secondary N) is 2. The lowest BCUT2D eigenvalue weighted by Gasteiger charge is -2.16. The van der Waals surface area contributed by atoms with Crippen molar-refractivity contribution in [2.45, 2.75) is 18.3 Å². The van der Waals surface area contributed by atoms with Crippen molar-refractivity contribution >= 4 is 23.4 Å². The van der Waals surface area contributed by atoms with Crippen LogP contribution in [0.15, 0.2) is 18.2 Å². The normalized spacial score (nSPS) is 12.9. The summed E-state index contributed by atoms with van der Waals surface area (Å²) in [6, 6.07) is 3.34. The minimum atomic E-state index is -4.58. The van der Waals surface area contributed by atoms with Crippen LogP contribution in [0.5, 0.6) is 0 Å². The molecule has 4 N–H and O–H groups in total. The predicted molar refractivity (Wildman–Crippen MR) is 74.6 cm³/mol. The lowest BCUT2D eigenvalue weighted by Crippen LogP contribution is -2.31. The topological polar surface area (TPSA) is 67.2 Å². The molecule has 1 aromatic rings. The number of nitrogens with two attached hydrogens (primary N) is 1. The highest BCUT2D eigenvalue weighted by molar-refractivity contribution is 7.99. The lowest BCUT2D eigenvalue weighted by molar-refractivity contribution is -0.137. The maximum atomic E-state index is 12.8. The average molecular weight is 307 g/mol. The molecule has 0 aliphatic rings. The second kappa shape index (κ2) is 6.85. The maximum absolute atomic E-state index is 12.8. The van der Waals surface area contributed by atoms with Crippen LogP contribution in [0.4, 0.5) is 18.9 Å². The van der Waals surface area contributed by atoms with Gasteiger partial charge in [-0.15, -0.1) is 0 Å². The molecule has 1 atom stereocenters. The van der Waals surface area contributed by atoms with Crippen LogP contribution in [-0.4, -0.2) is 24.0 Å². The maximum Gasteiger partial charge on any atom is 0.418 e. The molecule has 1 unspecified atom stereocenters. The van der Waals surface area contributed by atoms with Gasteiger partial charge < -0.3 is 10.7 Å². The van der Waals surface area contributed by atoms with Gasteiger partial charge in [0.05, 0.1) is 16.8 Å². The fourth-order valence-corrected chi connectivity index (χ4v) is 1.80. The number of halogens is 3. The molecule has 20 heavy (non-hydrogen) atoms. The molecule has 0 radical (unpaired) electrons. The average Bonchev–Trinajstić information content (AvgIpc) is 2.42. The Morgan fingerprint density at radius 2 is 2.10 bits per heavy atom. The molecule has 1 aromatic carbocycles. The van der Waals surface area contributed by atoms with E-state index in [1.54, 1.807) is 11.8 Å². The number of nitrogen functional groups attached to an aromatic ring is 1. The minimum Gasteiger partial charge on any atom is -0.351 e. The van der Waals surface area contributed by atoms with Crippen LogP contribution in [-0.2, 0) is 6.18 Å². The third-order valence-electron chi connectivity index (χ3n) is 2.71. The first-order valence-electron chi connectivity index (χ1n) is 5.79. The van der Waals surface area contributed by atoms with Gasteiger partial charge in [0.1, 0.15) is 0 Å². The number of alkyl halides is 3. The second-order valence-corrected chi connectivity index (χ2v) is 5.40. The smallest absolute Gasteiger partial charge is 0.351 e. The van der Waals surface area contributed by atoms with Crippen molar-refractivity contribution in [1.29, 1.82) is 0 Å². The number of hydrogen-bond acceptors (Lipinski definition) is 4. The van der Waals surface area contributed by atoms with Crippen molar-refractivity contribution in [3.8, 4) is 0 Å². The molecule has 112 valence electrons. The summed E-state index contributed by atoms with van der Waals surface area (Å²) in [7, 11) is 0. The summed E-state index contributed by atoms with van der Waals surface area (Å²) in [4.78, 5) is 11.9. The minimum absolute atomic E-state index is 0.129. The Kier molecular flexibility index (Phi) is 5.70. The van der Waals surface area contributed by atoms with Gasteiger partial charge in [0.25, 0.3) is 5.91 Å². The van der Waals surface area contributed by atoms with Crippen molar-refractivity contribution in [2.75, 3.05) is 18.2 Å². The Morgan fingerprint density at radius 1 is 1.45 bits per heavy atom. The molecule has 0 saturated carbocycles. The van der Waals surface area contributed by atoms with Gasteiger partial charge in [0.2, 0.25) is 0 Å². The molecule has 0 spiro atoms. The van der Waals surface area contributed by atoms with E-state index in [2.05, 4.69) is 5.32 Å². The van der Waals surface area contributed by atoms with Gasteiger partial charge in [-0.3, -0.25) is 10.6 Å². The van der Waals surface area contributed by atoms with Crippen molar-refractivity contribution in [3.63, 3.8) is 0 Å². The Hall–Kier alpha value is -1.41. The van der Waals surface area contributed by atoms with Crippen LogP contribution < -0.4 is 16.6 Å². The van der Waals surface area contributed by atoms with E-state index in [0.29, 0.717) is 6.54 Å². The van der Waals surface area contributed by atoms with E-state index in [9.17, 15) is 18.0 Å². The molecule has 0 bridgehead atoms. The monoisotopic (exact) mass is 307 g/mol. The quantitative estimate of drug-likeness (QED) is 0.577. The zero-order chi connectivity index (χ0) is 15.3. The SMILES string of the molecule is CSC(C)CNC(=O)c1cccc(C(F)(F)F)c1NN. The van der Waals surface area contributed by atoms with Gasteiger partial charge in [0, 0.05) is 11.8 Å². The number of amides is 1. The van der Waals surface area contributed by atoms with Crippen molar-refractivity contribution in [1.82, 2.24) is 5.32 Å². The van der Waals surface area contributed by atoms with Crippen LogP contribution >= 0.6 is 11.8 Å². The van der Waals surface area contributed by atoms with Gasteiger partial charge in [-0.1, -0.05) is 13.0 Å². The summed E-state index contributed by atoms with van der Waals surface area (Å²) in [6.45, 7) is 2.26. The number of carbonyl (C=O) groups excluding carboxylic acids is 1. The molecule has 0 fully saturated rings. The zero-order valence-electron chi connectivity index (χ0n) is 11.0. The van der Waals surface area contributed by atoms with E-state index >= 15 is 0 Å². The van der Waals surface area contributed by atoms with E-state index in [1.165, 1.54) is 12.1 Å². The lowest BCUT2D eigenvalue weighted by atomic mass is 10.1. The number of rotatable bonds is 5. The molecule has 0 aliphatic heterocycles. The largest absolute Gasteiger partial charge is 0.418 e. The second-order valence-electron chi connectivity index (χ2n) is 4.13. The van der Waals surface area contributed by atoms with Gasteiger partial charge in [-0.25, -0.2) is 0 Å². The number of carbonyl (C=O) groups is 1. The highest BCUT2D eigenvalue weighted by Gasteiger charge is 2.35. The Bertz CT molecular complexity index is 480. The summed E-state index contributed by atoms with van der Waals surface area (Å²) >= 11 is 1.54. The summed E-state index contributed by atoms with van der Waals surface area (Å²) in [5.74, 6) is 4.54. The van der Waals surface area contributed by atoms with Crippen LogP contribution in [0.1, 0.15) is 22.8 Å². The number of anilines is 1. The van der Waals surface area contributed by atoms with Crippen LogP contribution in [0.2, 0.25) is 0 Å². The Morgan fingerprint density at radius 3 is 2.60 bits per heavy atom. The van der Waals surface area contributed by atoms with Gasteiger partial charge in [-0.2, -0.15) is 24.9 Å². The first-order chi connectivity index (χ1) is 9.31. The number of thioether (sulfide) groups is 1. The fourth-order valence-electron chi connectivity index (χ4n) is 1.55. The van der Waals surface area contributed by atoms with Crippen LogP contribution in [0, 0.1) is 0 Å². The summed E-state index contributed by atoms with van der Waals surface area (Å²) in [6.07, 6.45) is -2.70. The first-order valence-corrected chi connectivity index (χ1v) is 7.07. The van der Waals surface area contributed by atoms with Gasteiger partial charge in [0.15, 0.2) is 0 Å². The van der Waals surface area contributed by atoms with Gasteiger partial charge >= 0.3 is 6.18 Å². The van der Waals surface area contributed by atoms with E-state index in [4.69, 9.17) is 5.84 Å². The fraction of sp³-hybridized carbons (Fsp3) is 0.417. The van der Waals surface area contributed by atoms with Crippen LogP contribution in [0.3, 0.4) is 0 Å².